The van der Waals surface area contributed by atoms with E-state index in [1.807, 2.05) is 38.6 Å². The molecule has 1 unspecified atom stereocenters. The Bertz CT molecular complexity index is 613. The van der Waals surface area contributed by atoms with Crippen LogP contribution in [0.4, 0.5) is 5.88 Å². The lowest BCUT2D eigenvalue weighted by atomic mass is 10.1. The van der Waals surface area contributed by atoms with Crippen molar-refractivity contribution in [2.24, 2.45) is 0 Å². The average molecular weight is 366 g/mol. The monoisotopic (exact) mass is 365 g/mol. The molecule has 0 saturated heterocycles. The number of aromatic nitrogens is 4. The molecule has 2 aliphatic heterocycles. The van der Waals surface area contributed by atoms with E-state index in [9.17, 15) is 0 Å². The second-order valence-electron chi connectivity index (χ2n) is 6.13. The summed E-state index contributed by atoms with van der Waals surface area (Å²) in [6, 6.07) is 0.573. The van der Waals surface area contributed by atoms with Gasteiger partial charge in [0.05, 0.1) is 29.7 Å². The minimum atomic E-state index is 0.478. The van der Waals surface area contributed by atoms with Gasteiger partial charge >= 0.3 is 0 Å². The summed E-state index contributed by atoms with van der Waals surface area (Å²) < 4.78 is 6.84. The smallest absolute Gasteiger partial charge is 0.226 e. The molecule has 0 amide bonds. The zero-order chi connectivity index (χ0) is 19.7. The Labute approximate surface area is 157 Å². The van der Waals surface area contributed by atoms with E-state index in [1.54, 1.807) is 0 Å². The average Bonchev–Trinajstić information content (AvgIpc) is 3.26. The van der Waals surface area contributed by atoms with Crippen LogP contribution < -0.4 is 5.73 Å². The van der Waals surface area contributed by atoms with Gasteiger partial charge < -0.3 is 15.2 Å². The van der Waals surface area contributed by atoms with E-state index < -0.39 is 0 Å². The Kier molecular flexibility index (Phi) is 9.29. The van der Waals surface area contributed by atoms with Crippen molar-refractivity contribution in [1.82, 2.24) is 30.0 Å². The Morgan fingerprint density at radius 2 is 1.85 bits per heavy atom. The largest absolute Gasteiger partial charge is 0.367 e. The number of rotatable bonds is 0. The summed E-state index contributed by atoms with van der Waals surface area (Å²) in [6.07, 6.45) is 2.79. The van der Waals surface area contributed by atoms with Gasteiger partial charge in [0.1, 0.15) is 0 Å². The molecule has 4 rings (SSSR count). The summed E-state index contributed by atoms with van der Waals surface area (Å²) in [5, 5.41) is 11.7. The van der Waals surface area contributed by atoms with Crippen LogP contribution in [0.25, 0.3) is 0 Å². The Hall–Kier alpha value is -1.93. The molecule has 148 valence electrons. The summed E-state index contributed by atoms with van der Waals surface area (Å²) in [6.45, 7) is 14.0. The van der Waals surface area contributed by atoms with Gasteiger partial charge in [-0.05, 0) is 21.0 Å². The fraction of sp³-hybridized carbons (Fsp3) is 0.722. The highest BCUT2D eigenvalue weighted by atomic mass is 16.5. The number of nitrogens with two attached hydrogens (primary N) is 1. The maximum atomic E-state index is 5.57. The first-order chi connectivity index (χ1) is 12.5. The van der Waals surface area contributed by atoms with Gasteiger partial charge in [0.15, 0.2) is 0 Å². The van der Waals surface area contributed by atoms with Crippen LogP contribution in [-0.2, 0) is 26.1 Å². The van der Waals surface area contributed by atoms with Gasteiger partial charge in [-0.25, -0.2) is 4.68 Å². The molecule has 26 heavy (non-hydrogen) atoms. The summed E-state index contributed by atoms with van der Waals surface area (Å²) in [4.78, 5) is 4.51. The zero-order valence-corrected chi connectivity index (χ0v) is 17.4. The third-order valence-corrected chi connectivity index (χ3v) is 4.36. The number of likely N-dealkylation sites (N-methyl/N-ethyl adjacent to an activating group) is 2. The molecule has 0 radical (unpaired) electrons. The number of nitrogens with zero attached hydrogens (tertiary/aromatic N) is 6. The molecule has 2 aliphatic rings. The van der Waals surface area contributed by atoms with Crippen molar-refractivity contribution >= 4 is 5.88 Å². The van der Waals surface area contributed by atoms with Crippen molar-refractivity contribution < 1.29 is 4.52 Å². The van der Waals surface area contributed by atoms with E-state index in [0.29, 0.717) is 11.9 Å². The van der Waals surface area contributed by atoms with E-state index in [0.717, 1.165) is 43.9 Å². The highest BCUT2D eigenvalue weighted by Gasteiger charge is 2.20. The second kappa shape index (κ2) is 10.9. The number of fused-ring (bicyclic) bond motifs is 2. The lowest BCUT2D eigenvalue weighted by Crippen LogP contribution is -2.38. The SMILES string of the molecule is CC.CC.CC1Cn2nncc2CN1C.CN1CCc2noc(N)c2C1. The van der Waals surface area contributed by atoms with E-state index in [4.69, 9.17) is 10.3 Å². The van der Waals surface area contributed by atoms with Crippen molar-refractivity contribution in [2.75, 3.05) is 26.4 Å². The van der Waals surface area contributed by atoms with Gasteiger partial charge in [-0.2, -0.15) is 0 Å². The van der Waals surface area contributed by atoms with Gasteiger partial charge in [0.25, 0.3) is 0 Å². The molecule has 0 spiro atoms. The molecule has 4 heterocycles. The minimum Gasteiger partial charge on any atom is -0.367 e. The minimum absolute atomic E-state index is 0.478. The molecule has 0 aromatic carbocycles. The van der Waals surface area contributed by atoms with Crippen LogP contribution in [0.3, 0.4) is 0 Å². The van der Waals surface area contributed by atoms with Gasteiger partial charge in [0.2, 0.25) is 5.88 Å². The molecular formula is C18H35N7O. The van der Waals surface area contributed by atoms with Crippen molar-refractivity contribution in [2.45, 2.75) is 66.7 Å². The molecule has 2 aromatic rings. The van der Waals surface area contributed by atoms with Crippen LogP contribution in [-0.4, -0.2) is 56.6 Å². The molecule has 8 heteroatoms. The maximum Gasteiger partial charge on any atom is 0.226 e. The third kappa shape index (κ3) is 5.54. The van der Waals surface area contributed by atoms with E-state index in [2.05, 4.69) is 46.3 Å². The van der Waals surface area contributed by atoms with Crippen LogP contribution >= 0.6 is 0 Å². The highest BCUT2D eigenvalue weighted by molar-refractivity contribution is 5.39. The van der Waals surface area contributed by atoms with Crippen LogP contribution in [0.1, 0.15) is 51.6 Å². The third-order valence-electron chi connectivity index (χ3n) is 4.36. The highest BCUT2D eigenvalue weighted by Crippen LogP contribution is 2.22. The predicted octanol–water partition coefficient (Wildman–Crippen LogP) is 2.41. The first kappa shape index (κ1) is 22.1. The predicted molar refractivity (Wildman–Crippen MR) is 105 cm³/mol. The maximum absolute atomic E-state index is 5.57. The first-order valence-corrected chi connectivity index (χ1v) is 9.53. The molecule has 0 saturated carbocycles. The summed E-state index contributed by atoms with van der Waals surface area (Å²) in [7, 11) is 4.19. The van der Waals surface area contributed by atoms with Crippen molar-refractivity contribution in [3.05, 3.63) is 23.1 Å². The molecule has 8 nitrogen and oxygen atoms in total. The first-order valence-electron chi connectivity index (χ1n) is 9.53. The Morgan fingerprint density at radius 1 is 1.15 bits per heavy atom. The van der Waals surface area contributed by atoms with Crippen LogP contribution in [0.15, 0.2) is 10.7 Å². The summed E-state index contributed by atoms with van der Waals surface area (Å²) in [5.41, 5.74) is 8.88. The Morgan fingerprint density at radius 3 is 2.54 bits per heavy atom. The molecule has 2 N–H and O–H groups in total. The number of nitrogen functional groups attached to an aromatic ring is 1. The van der Waals surface area contributed by atoms with Crippen LogP contribution in [0, 0.1) is 0 Å². The van der Waals surface area contributed by atoms with E-state index in [-0.39, 0.29) is 0 Å². The lowest BCUT2D eigenvalue weighted by molar-refractivity contribution is 0.182. The Balaban J connectivity index is 0.000000219. The molecule has 2 aromatic heterocycles. The number of anilines is 1. The zero-order valence-electron chi connectivity index (χ0n) is 17.4. The van der Waals surface area contributed by atoms with Crippen LogP contribution in [0.2, 0.25) is 0 Å². The molecule has 0 aliphatic carbocycles. The second-order valence-corrected chi connectivity index (χ2v) is 6.13. The quantitative estimate of drug-likeness (QED) is 0.767. The van der Waals surface area contributed by atoms with E-state index >= 15 is 0 Å². The van der Waals surface area contributed by atoms with Crippen LogP contribution in [0.5, 0.6) is 0 Å². The molecule has 0 fully saturated rings. The lowest BCUT2D eigenvalue weighted by Gasteiger charge is -2.29. The van der Waals surface area contributed by atoms with Gasteiger partial charge in [-0.15, -0.1) is 5.10 Å². The van der Waals surface area contributed by atoms with Crippen molar-refractivity contribution in [3.8, 4) is 0 Å². The fourth-order valence-electron chi connectivity index (χ4n) is 2.72. The van der Waals surface area contributed by atoms with Gasteiger partial charge in [0, 0.05) is 32.1 Å². The fourth-order valence-corrected chi connectivity index (χ4v) is 2.72. The molecule has 0 bridgehead atoms. The number of hydrogen-bond acceptors (Lipinski definition) is 7. The van der Waals surface area contributed by atoms with E-state index in [1.165, 1.54) is 5.69 Å². The topological polar surface area (TPSA) is 89.2 Å². The van der Waals surface area contributed by atoms with Crippen molar-refractivity contribution in [1.29, 1.82) is 0 Å². The van der Waals surface area contributed by atoms with Gasteiger partial charge in [-0.3, -0.25) is 4.90 Å². The summed E-state index contributed by atoms with van der Waals surface area (Å²) in [5.74, 6) is 0.478. The summed E-state index contributed by atoms with van der Waals surface area (Å²) >= 11 is 0. The standard InChI is InChI=1S/C7H12N4.C7H11N3O.2C2H6/c1-6-4-11-7(3-8-9-11)5-10(6)2;1-10-3-2-6-5(4-10)7(8)11-9-6;2*1-2/h3,6H,4-5H2,1-2H3;2-4,8H2,1H3;2*1-2H3. The van der Waals surface area contributed by atoms with Crippen molar-refractivity contribution in [3.63, 3.8) is 0 Å². The molecular weight excluding hydrogens is 330 g/mol. The molecule has 1 atom stereocenters. The normalized spacial score (nSPS) is 18.8. The van der Waals surface area contributed by atoms with Gasteiger partial charge in [-0.1, -0.05) is 38.1 Å². The number of hydrogen-bond donors (Lipinski definition) is 1.